The molecule has 2 rings (SSSR count). The Bertz CT molecular complexity index is 887. The molecule has 1 atom stereocenters. The van der Waals surface area contributed by atoms with Gasteiger partial charge in [-0.2, -0.15) is 13.2 Å². The molecule has 2 aromatic rings. The minimum absolute atomic E-state index is 0.278. The monoisotopic (exact) mass is 452 g/mol. The van der Waals surface area contributed by atoms with Crippen molar-refractivity contribution in [3.05, 3.63) is 65.9 Å². The molecule has 1 unspecified atom stereocenters. The highest BCUT2D eigenvalue weighted by Gasteiger charge is 2.30. The Morgan fingerprint density at radius 2 is 1.47 bits per heavy atom. The molecular weight excluding hydrogens is 425 g/mol. The standard InChI is InChI=1S/C24H27F3O5/c1-16(2)13-14-30-23(28)15-22(29-4)17(3)31-19-9-11-21(12-10-19)32-20-7-5-18(6-8-20)24(25,26)27/h5-12,15-17H,13-14H2,1-4H3. The second kappa shape index (κ2) is 11.5. The molecule has 0 spiro atoms. The molecule has 2 aromatic carbocycles. The van der Waals surface area contributed by atoms with Crippen LogP contribution in [-0.4, -0.2) is 25.8 Å². The number of esters is 1. The van der Waals surface area contributed by atoms with Gasteiger partial charge in [-0.1, -0.05) is 13.8 Å². The van der Waals surface area contributed by atoms with Crippen molar-refractivity contribution in [1.29, 1.82) is 0 Å². The van der Waals surface area contributed by atoms with Crippen molar-refractivity contribution in [2.75, 3.05) is 13.7 Å². The van der Waals surface area contributed by atoms with Crippen LogP contribution >= 0.6 is 0 Å². The van der Waals surface area contributed by atoms with Crippen LogP contribution in [0, 0.1) is 5.92 Å². The second-order valence-corrected chi connectivity index (χ2v) is 7.46. The van der Waals surface area contributed by atoms with Crippen molar-refractivity contribution < 1.29 is 36.9 Å². The second-order valence-electron chi connectivity index (χ2n) is 7.46. The molecular formula is C24H27F3O5. The van der Waals surface area contributed by atoms with Crippen LogP contribution in [0.1, 0.15) is 32.8 Å². The third kappa shape index (κ3) is 8.17. The zero-order chi connectivity index (χ0) is 23.7. The number of alkyl halides is 3. The van der Waals surface area contributed by atoms with Crippen LogP contribution in [0.4, 0.5) is 13.2 Å². The number of rotatable bonds is 10. The maximum Gasteiger partial charge on any atom is 0.416 e. The quantitative estimate of drug-likeness (QED) is 0.238. The van der Waals surface area contributed by atoms with Crippen molar-refractivity contribution in [2.45, 2.75) is 39.5 Å². The molecule has 174 valence electrons. The molecule has 8 heteroatoms. The summed E-state index contributed by atoms with van der Waals surface area (Å²) in [6, 6.07) is 11.0. The summed E-state index contributed by atoms with van der Waals surface area (Å²) in [5, 5.41) is 0. The van der Waals surface area contributed by atoms with Crippen LogP contribution in [-0.2, 0) is 20.4 Å². The molecule has 0 bridgehead atoms. The highest BCUT2D eigenvalue weighted by atomic mass is 19.4. The predicted molar refractivity (Wildman–Crippen MR) is 114 cm³/mol. The molecule has 0 saturated carbocycles. The minimum Gasteiger partial charge on any atom is -0.497 e. The minimum atomic E-state index is -4.39. The Morgan fingerprint density at radius 3 is 1.97 bits per heavy atom. The molecule has 0 heterocycles. The molecule has 0 saturated heterocycles. The van der Waals surface area contributed by atoms with Crippen LogP contribution in [0.15, 0.2) is 60.4 Å². The van der Waals surface area contributed by atoms with E-state index in [9.17, 15) is 18.0 Å². The van der Waals surface area contributed by atoms with Crippen molar-refractivity contribution in [1.82, 2.24) is 0 Å². The maximum absolute atomic E-state index is 12.6. The summed E-state index contributed by atoms with van der Waals surface area (Å²) in [6.07, 6.45) is -2.92. The molecule has 0 aliphatic heterocycles. The van der Waals surface area contributed by atoms with Crippen LogP contribution in [0.2, 0.25) is 0 Å². The van der Waals surface area contributed by atoms with E-state index in [1.165, 1.54) is 25.3 Å². The van der Waals surface area contributed by atoms with Crippen molar-refractivity contribution in [3.8, 4) is 17.2 Å². The third-order valence-electron chi connectivity index (χ3n) is 4.39. The largest absolute Gasteiger partial charge is 0.497 e. The molecule has 32 heavy (non-hydrogen) atoms. The Hall–Kier alpha value is -3.16. The number of ether oxygens (including phenoxy) is 4. The van der Waals surface area contributed by atoms with Gasteiger partial charge < -0.3 is 18.9 Å². The topological polar surface area (TPSA) is 54.0 Å². The van der Waals surface area contributed by atoms with Gasteiger partial charge >= 0.3 is 12.1 Å². The van der Waals surface area contributed by atoms with Crippen LogP contribution < -0.4 is 9.47 Å². The maximum atomic E-state index is 12.6. The van der Waals surface area contributed by atoms with E-state index in [0.29, 0.717) is 29.8 Å². The number of carbonyl (C=O) groups excluding carboxylic acids is 1. The van der Waals surface area contributed by atoms with Crippen molar-refractivity contribution in [2.24, 2.45) is 5.92 Å². The lowest BCUT2D eigenvalue weighted by atomic mass is 10.1. The van der Waals surface area contributed by atoms with E-state index in [1.54, 1.807) is 31.2 Å². The fraction of sp³-hybridized carbons (Fsp3) is 0.375. The lowest BCUT2D eigenvalue weighted by molar-refractivity contribution is -0.138. The molecule has 5 nitrogen and oxygen atoms in total. The first kappa shape index (κ1) is 25.1. The van der Waals surface area contributed by atoms with Gasteiger partial charge in [-0.05, 0) is 67.8 Å². The van der Waals surface area contributed by atoms with Gasteiger partial charge in [-0.3, -0.25) is 0 Å². The first-order valence-electron chi connectivity index (χ1n) is 10.1. The van der Waals surface area contributed by atoms with Gasteiger partial charge in [0.25, 0.3) is 0 Å². The fourth-order valence-corrected chi connectivity index (χ4v) is 2.59. The van der Waals surface area contributed by atoms with Gasteiger partial charge in [0.2, 0.25) is 0 Å². The number of methoxy groups -OCH3 is 1. The highest BCUT2D eigenvalue weighted by molar-refractivity contribution is 5.82. The number of halogens is 3. The Balaban J connectivity index is 1.94. The van der Waals surface area contributed by atoms with Gasteiger partial charge in [0.15, 0.2) is 6.10 Å². The lowest BCUT2D eigenvalue weighted by Crippen LogP contribution is -2.18. The zero-order valence-corrected chi connectivity index (χ0v) is 18.4. The summed E-state index contributed by atoms with van der Waals surface area (Å²) in [6.45, 7) is 6.14. The van der Waals surface area contributed by atoms with Gasteiger partial charge in [0, 0.05) is 0 Å². The average Bonchev–Trinajstić information content (AvgIpc) is 2.73. The third-order valence-corrected chi connectivity index (χ3v) is 4.39. The van der Waals surface area contributed by atoms with E-state index in [4.69, 9.17) is 18.9 Å². The molecule has 0 amide bonds. The van der Waals surface area contributed by atoms with Crippen LogP contribution in [0.3, 0.4) is 0 Å². The van der Waals surface area contributed by atoms with E-state index in [1.807, 2.05) is 13.8 Å². The Labute approximate surface area is 185 Å². The van der Waals surface area contributed by atoms with Crippen molar-refractivity contribution >= 4 is 5.97 Å². The van der Waals surface area contributed by atoms with E-state index in [2.05, 4.69) is 0 Å². The number of carbonyl (C=O) groups is 1. The summed E-state index contributed by atoms with van der Waals surface area (Å²) < 4.78 is 59.7. The summed E-state index contributed by atoms with van der Waals surface area (Å²) in [5.41, 5.74) is -0.742. The predicted octanol–water partition coefficient (Wildman–Crippen LogP) is 6.38. The molecule has 0 fully saturated rings. The van der Waals surface area contributed by atoms with Crippen molar-refractivity contribution in [3.63, 3.8) is 0 Å². The Kier molecular flexibility index (Phi) is 8.99. The molecule has 0 aliphatic carbocycles. The normalized spacial score (nSPS) is 12.9. The Morgan fingerprint density at radius 1 is 0.938 bits per heavy atom. The van der Waals surface area contributed by atoms with Crippen LogP contribution in [0.25, 0.3) is 0 Å². The van der Waals surface area contributed by atoms with Gasteiger partial charge in [0.1, 0.15) is 23.0 Å². The molecule has 0 aliphatic rings. The fourth-order valence-electron chi connectivity index (χ4n) is 2.59. The van der Waals surface area contributed by atoms with E-state index in [0.717, 1.165) is 18.6 Å². The summed E-state index contributed by atoms with van der Waals surface area (Å²) >= 11 is 0. The van der Waals surface area contributed by atoms with E-state index >= 15 is 0 Å². The van der Waals surface area contributed by atoms with E-state index in [-0.39, 0.29) is 5.75 Å². The molecule has 0 aromatic heterocycles. The lowest BCUT2D eigenvalue weighted by Gasteiger charge is -2.17. The highest BCUT2D eigenvalue weighted by Crippen LogP contribution is 2.31. The SMILES string of the molecule is COC(=CC(=O)OCCC(C)C)C(C)Oc1ccc(Oc2ccc(C(F)(F)F)cc2)cc1. The number of hydrogen-bond acceptors (Lipinski definition) is 5. The average molecular weight is 452 g/mol. The van der Waals surface area contributed by atoms with Gasteiger partial charge in [0.05, 0.1) is 25.4 Å². The summed E-state index contributed by atoms with van der Waals surface area (Å²) in [4.78, 5) is 11.9. The van der Waals surface area contributed by atoms with Crippen LogP contribution in [0.5, 0.6) is 17.2 Å². The number of benzene rings is 2. The smallest absolute Gasteiger partial charge is 0.416 e. The summed E-state index contributed by atoms with van der Waals surface area (Å²) in [5.74, 6) is 1.44. The first-order chi connectivity index (χ1) is 15.1. The molecule has 0 N–H and O–H groups in total. The number of hydrogen-bond donors (Lipinski definition) is 0. The summed E-state index contributed by atoms with van der Waals surface area (Å²) in [7, 11) is 1.44. The molecule has 0 radical (unpaired) electrons. The van der Waals surface area contributed by atoms with Gasteiger partial charge in [-0.25, -0.2) is 4.79 Å². The van der Waals surface area contributed by atoms with E-state index < -0.39 is 23.8 Å². The zero-order valence-electron chi connectivity index (χ0n) is 18.4. The van der Waals surface area contributed by atoms with Gasteiger partial charge in [-0.15, -0.1) is 0 Å². The first-order valence-corrected chi connectivity index (χ1v) is 10.1.